The molecule has 3 aromatic heterocycles. The van der Waals surface area contributed by atoms with Gasteiger partial charge < -0.3 is 15.4 Å². The van der Waals surface area contributed by atoms with Crippen molar-refractivity contribution < 1.29 is 4.74 Å². The molecule has 1 unspecified atom stereocenters. The Labute approximate surface area is 187 Å². The zero-order chi connectivity index (χ0) is 19.3. The SMILES string of the molecule is CCOc1cc(-c2ccc(N3C[C@H]4C[C@@H](C3)C4N)nc2)c2c(C#N)cnn2c1.Cl.Cl. The van der Waals surface area contributed by atoms with Gasteiger partial charge in [-0.2, -0.15) is 10.4 Å². The van der Waals surface area contributed by atoms with Crippen LogP contribution in [0.5, 0.6) is 5.75 Å². The van der Waals surface area contributed by atoms with Crippen molar-refractivity contribution in [2.75, 3.05) is 24.6 Å². The smallest absolute Gasteiger partial charge is 0.138 e. The summed E-state index contributed by atoms with van der Waals surface area (Å²) in [6.45, 7) is 4.47. The molecule has 0 aromatic carbocycles. The minimum absolute atomic E-state index is 0. The van der Waals surface area contributed by atoms with Crippen molar-refractivity contribution >= 4 is 36.1 Å². The average Bonchev–Trinajstić information content (AvgIpc) is 3.16. The number of nitrogens with two attached hydrogens (primary N) is 1. The normalized spacial score (nSPS) is 21.8. The van der Waals surface area contributed by atoms with E-state index in [1.165, 1.54) is 6.42 Å². The lowest BCUT2D eigenvalue weighted by molar-refractivity contribution is 0.115. The van der Waals surface area contributed by atoms with E-state index in [2.05, 4.69) is 28.2 Å². The minimum Gasteiger partial charge on any atom is -0.492 e. The number of halogens is 2. The van der Waals surface area contributed by atoms with Crippen LogP contribution in [0, 0.1) is 23.2 Å². The van der Waals surface area contributed by atoms with Gasteiger partial charge in [0.15, 0.2) is 0 Å². The van der Waals surface area contributed by atoms with Gasteiger partial charge in [0.05, 0.1) is 30.1 Å². The summed E-state index contributed by atoms with van der Waals surface area (Å²) in [4.78, 5) is 7.04. The Morgan fingerprint density at radius 2 is 2.00 bits per heavy atom. The number of nitriles is 1. The number of pyridine rings is 2. The summed E-state index contributed by atoms with van der Waals surface area (Å²) in [5.41, 5.74) is 9.31. The van der Waals surface area contributed by atoms with Gasteiger partial charge in [0.2, 0.25) is 0 Å². The fourth-order valence-corrected chi connectivity index (χ4v) is 4.49. The number of hydrogen-bond acceptors (Lipinski definition) is 6. The molecule has 2 N–H and O–H groups in total. The van der Waals surface area contributed by atoms with Crippen LogP contribution in [0.2, 0.25) is 0 Å². The first-order valence-electron chi connectivity index (χ1n) is 9.69. The van der Waals surface area contributed by atoms with Crippen LogP contribution in [0.3, 0.4) is 0 Å². The average molecular weight is 447 g/mol. The van der Waals surface area contributed by atoms with Crippen LogP contribution in [-0.4, -0.2) is 40.3 Å². The molecule has 7 nitrogen and oxygen atoms in total. The minimum atomic E-state index is 0. The van der Waals surface area contributed by atoms with E-state index in [0.717, 1.165) is 35.6 Å². The monoisotopic (exact) mass is 446 g/mol. The number of nitrogens with zero attached hydrogens (tertiary/aromatic N) is 5. The van der Waals surface area contributed by atoms with Gasteiger partial charge in [-0.3, -0.25) is 0 Å². The molecule has 0 radical (unpaired) electrons. The van der Waals surface area contributed by atoms with E-state index >= 15 is 0 Å². The first kappa shape index (κ1) is 22.2. The van der Waals surface area contributed by atoms with E-state index in [9.17, 15) is 5.26 Å². The fourth-order valence-electron chi connectivity index (χ4n) is 4.49. The van der Waals surface area contributed by atoms with Crippen molar-refractivity contribution in [1.82, 2.24) is 14.6 Å². The molecule has 1 saturated carbocycles. The lowest BCUT2D eigenvalue weighted by Crippen LogP contribution is -2.62. The lowest BCUT2D eigenvalue weighted by atomic mass is 9.67. The van der Waals surface area contributed by atoms with Crippen molar-refractivity contribution in [3.63, 3.8) is 0 Å². The van der Waals surface area contributed by atoms with Crippen molar-refractivity contribution in [2.45, 2.75) is 19.4 Å². The maximum atomic E-state index is 9.47. The van der Waals surface area contributed by atoms with Crippen molar-refractivity contribution in [3.8, 4) is 22.9 Å². The molecule has 2 bridgehead atoms. The molecule has 1 aliphatic carbocycles. The first-order valence-corrected chi connectivity index (χ1v) is 9.69. The Bertz CT molecular complexity index is 1070. The van der Waals surface area contributed by atoms with E-state index in [0.29, 0.717) is 35.8 Å². The highest BCUT2D eigenvalue weighted by Gasteiger charge is 2.44. The molecule has 3 aromatic rings. The summed E-state index contributed by atoms with van der Waals surface area (Å²) < 4.78 is 7.38. The van der Waals surface area contributed by atoms with Crippen LogP contribution in [0.4, 0.5) is 5.82 Å². The maximum absolute atomic E-state index is 9.47. The van der Waals surface area contributed by atoms with Gasteiger partial charge in [0, 0.05) is 36.5 Å². The van der Waals surface area contributed by atoms with Gasteiger partial charge in [0.1, 0.15) is 17.6 Å². The molecule has 3 aliphatic rings. The van der Waals surface area contributed by atoms with Crippen molar-refractivity contribution in [2.24, 2.45) is 17.6 Å². The largest absolute Gasteiger partial charge is 0.492 e. The lowest BCUT2D eigenvalue weighted by Gasteiger charge is -2.52. The number of piperidine rings is 2. The number of hydrogen-bond donors (Lipinski definition) is 1. The van der Waals surface area contributed by atoms with Gasteiger partial charge >= 0.3 is 0 Å². The molecular formula is C21H24Cl2N6O. The third kappa shape index (κ3) is 3.56. The molecular weight excluding hydrogens is 423 g/mol. The second-order valence-electron chi connectivity index (χ2n) is 7.63. The van der Waals surface area contributed by atoms with E-state index in [1.54, 1.807) is 16.9 Å². The highest BCUT2D eigenvalue weighted by atomic mass is 35.5. The predicted molar refractivity (Wildman–Crippen MR) is 121 cm³/mol. The summed E-state index contributed by atoms with van der Waals surface area (Å²) in [7, 11) is 0. The van der Waals surface area contributed by atoms with Crippen LogP contribution in [0.1, 0.15) is 18.9 Å². The molecule has 158 valence electrons. The summed E-state index contributed by atoms with van der Waals surface area (Å²) in [5, 5.41) is 13.8. The van der Waals surface area contributed by atoms with Gasteiger partial charge in [-0.1, -0.05) is 0 Å². The van der Waals surface area contributed by atoms with Crippen LogP contribution >= 0.6 is 24.8 Å². The number of aromatic nitrogens is 3. The fraction of sp³-hybridized carbons (Fsp3) is 0.381. The number of anilines is 1. The maximum Gasteiger partial charge on any atom is 0.138 e. The van der Waals surface area contributed by atoms with E-state index in [-0.39, 0.29) is 24.8 Å². The van der Waals surface area contributed by atoms with Gasteiger partial charge in [-0.05, 0) is 43.4 Å². The zero-order valence-electron chi connectivity index (χ0n) is 16.6. The molecule has 5 heterocycles. The molecule has 6 rings (SSSR count). The Morgan fingerprint density at radius 1 is 1.23 bits per heavy atom. The Hall–Kier alpha value is -2.53. The number of ether oxygens (including phenoxy) is 1. The highest BCUT2D eigenvalue weighted by molar-refractivity contribution is 5.86. The second kappa shape index (κ2) is 8.68. The van der Waals surface area contributed by atoms with Gasteiger partial charge in [-0.15, -0.1) is 24.8 Å². The third-order valence-corrected chi connectivity index (χ3v) is 6.00. The summed E-state index contributed by atoms with van der Waals surface area (Å²) >= 11 is 0. The number of fused-ring (bicyclic) bond motifs is 3. The van der Waals surface area contributed by atoms with Crippen LogP contribution in [0.15, 0.2) is 36.8 Å². The second-order valence-corrected chi connectivity index (χ2v) is 7.63. The van der Waals surface area contributed by atoms with Crippen LogP contribution in [-0.2, 0) is 0 Å². The Morgan fingerprint density at radius 3 is 2.60 bits per heavy atom. The molecule has 9 heteroatoms. The van der Waals surface area contributed by atoms with Crippen LogP contribution in [0.25, 0.3) is 16.6 Å². The molecule has 0 amide bonds. The molecule has 3 atom stereocenters. The van der Waals surface area contributed by atoms with Crippen LogP contribution < -0.4 is 15.4 Å². The molecule has 30 heavy (non-hydrogen) atoms. The van der Waals surface area contributed by atoms with E-state index in [4.69, 9.17) is 15.5 Å². The van der Waals surface area contributed by atoms with E-state index < -0.39 is 0 Å². The highest BCUT2D eigenvalue weighted by Crippen LogP contribution is 2.40. The standard InChI is InChI=1S/C21H22N6O.2ClH/c1-2-28-17-6-18(21-16(7-22)9-25-27(21)12-17)13-3-4-19(24-8-13)26-10-14-5-15(11-26)20(14)23;;/h3-4,6,8-9,12,14-15,20H,2,5,10-11,23H2,1H3;2*1H/t14-,15+,20?;;. The molecule has 3 fully saturated rings. The Balaban J connectivity index is 0.00000128. The van der Waals surface area contributed by atoms with Crippen molar-refractivity contribution in [3.05, 3.63) is 42.4 Å². The molecule has 2 saturated heterocycles. The van der Waals surface area contributed by atoms with Gasteiger partial charge in [-0.25, -0.2) is 9.50 Å². The number of rotatable bonds is 4. The zero-order valence-corrected chi connectivity index (χ0v) is 18.2. The molecule has 0 spiro atoms. The summed E-state index contributed by atoms with van der Waals surface area (Å²) in [6, 6.07) is 8.64. The predicted octanol–water partition coefficient (Wildman–Crippen LogP) is 3.29. The quantitative estimate of drug-likeness (QED) is 0.660. The van der Waals surface area contributed by atoms with Crippen molar-refractivity contribution in [1.29, 1.82) is 5.26 Å². The summed E-state index contributed by atoms with van der Waals surface area (Å²) in [5.74, 6) is 2.88. The Kier molecular flexibility index (Phi) is 6.41. The van der Waals surface area contributed by atoms with Gasteiger partial charge in [0.25, 0.3) is 0 Å². The summed E-state index contributed by atoms with van der Waals surface area (Å²) in [6.07, 6.45) is 6.50. The third-order valence-electron chi connectivity index (χ3n) is 6.00. The molecule has 2 aliphatic heterocycles. The topological polar surface area (TPSA) is 92.5 Å². The van der Waals surface area contributed by atoms with E-state index in [1.807, 2.05) is 19.2 Å². The first-order chi connectivity index (χ1) is 13.7.